The summed E-state index contributed by atoms with van der Waals surface area (Å²) in [5.74, 6) is -2.30. The average molecular weight is 1680 g/mol. The van der Waals surface area contributed by atoms with Crippen molar-refractivity contribution >= 4 is 31.7 Å². The minimum absolute atomic E-state index is 0.0131. The highest BCUT2D eigenvalue weighted by Crippen LogP contribution is 2.49. The number of hydrogen-bond acceptors (Lipinski definition) is 24. The fourth-order valence-electron chi connectivity index (χ4n) is 15.3. The summed E-state index contributed by atoms with van der Waals surface area (Å²) in [6.07, 6.45) is 26.2. The minimum Gasteiger partial charge on any atom is -0.463 e. The van der Waals surface area contributed by atoms with Crippen molar-refractivity contribution in [2.45, 2.75) is 492 Å². The lowest BCUT2D eigenvalue weighted by molar-refractivity contribution is -0.360. The fraction of sp³-hybridized carbons (Fsp3) is 0.911. The molecule has 3 rings (SSSR count). The van der Waals surface area contributed by atoms with E-state index in [9.17, 15) is 74.6 Å². The van der Waals surface area contributed by atoms with Gasteiger partial charge in [-0.25, -0.2) is 4.57 Å². The number of hydrogen-bond donors (Lipinski definition) is 10. The van der Waals surface area contributed by atoms with Crippen LogP contribution in [0.4, 0.5) is 0 Å². The van der Waals surface area contributed by atoms with Crippen LogP contribution < -0.4 is 0 Å². The Hall–Kier alpha value is -3.05. The molecule has 0 aromatic heterocycles. The molecule has 19 unspecified atom stereocenters. The molecule has 26 heteroatoms. The maximum Gasteiger partial charge on any atom is 0.472 e. The molecule has 0 radical (unpaired) electrons. The van der Waals surface area contributed by atoms with Gasteiger partial charge in [-0.3, -0.25) is 28.2 Å². The van der Waals surface area contributed by atoms with Crippen molar-refractivity contribution in [3.63, 3.8) is 0 Å². The van der Waals surface area contributed by atoms with E-state index in [1.165, 1.54) is 148 Å². The lowest BCUT2D eigenvalue weighted by Gasteiger charge is -2.50. The van der Waals surface area contributed by atoms with Gasteiger partial charge in [0.1, 0.15) is 92.6 Å². The Kier molecular flexibility index (Phi) is 63.2. The molecule has 0 spiro atoms. The van der Waals surface area contributed by atoms with Gasteiger partial charge in [0, 0.05) is 25.7 Å². The Bertz CT molecular complexity index is 2530. The van der Waals surface area contributed by atoms with E-state index in [0.29, 0.717) is 38.0 Å². The van der Waals surface area contributed by atoms with Crippen LogP contribution in [0, 0.1) is 5.92 Å². The van der Waals surface area contributed by atoms with E-state index in [1.807, 2.05) is 0 Å². The highest BCUT2D eigenvalue weighted by atomic mass is 31.2. The molecule has 2 aliphatic heterocycles. The predicted molar refractivity (Wildman–Crippen MR) is 449 cm³/mol. The second-order valence-electron chi connectivity index (χ2n) is 33.4. The summed E-state index contributed by atoms with van der Waals surface area (Å²) >= 11 is 0. The van der Waals surface area contributed by atoms with Gasteiger partial charge in [-0.2, -0.15) is 0 Å². The van der Waals surface area contributed by atoms with Crippen LogP contribution >= 0.6 is 7.82 Å². The van der Waals surface area contributed by atoms with Crippen LogP contribution in [-0.2, 0) is 70.7 Å². The van der Waals surface area contributed by atoms with Crippen molar-refractivity contribution in [1.82, 2.24) is 0 Å². The molecule has 3 fully saturated rings. The molecule has 10 N–H and O–H groups in total. The smallest absolute Gasteiger partial charge is 0.463 e. The molecule has 2 heterocycles. The maximum atomic E-state index is 14.9. The van der Waals surface area contributed by atoms with E-state index in [4.69, 9.17) is 46.9 Å². The van der Waals surface area contributed by atoms with Crippen molar-refractivity contribution in [3.8, 4) is 0 Å². The largest absolute Gasteiger partial charge is 0.472 e. The second kappa shape index (κ2) is 68.4. The van der Waals surface area contributed by atoms with Gasteiger partial charge in [-0.05, 0) is 83.0 Å². The van der Waals surface area contributed by atoms with Crippen molar-refractivity contribution in [2.24, 2.45) is 5.92 Å². The maximum absolute atomic E-state index is 14.9. The van der Waals surface area contributed by atoms with Gasteiger partial charge in [0.15, 0.2) is 24.8 Å². The topological polar surface area (TPSA) is 380 Å². The van der Waals surface area contributed by atoms with Crippen LogP contribution in [0.1, 0.15) is 388 Å². The molecule has 0 bridgehead atoms. The first-order valence-electron chi connectivity index (χ1n) is 46.5. The first-order valence-corrected chi connectivity index (χ1v) is 48.0. The van der Waals surface area contributed by atoms with E-state index in [-0.39, 0.29) is 32.1 Å². The number of rotatable bonds is 74. The Balaban J connectivity index is 1.93. The molecular weight excluding hydrogens is 1510 g/mol. The highest BCUT2D eigenvalue weighted by molar-refractivity contribution is 7.47. The van der Waals surface area contributed by atoms with E-state index in [1.54, 1.807) is 0 Å². The summed E-state index contributed by atoms with van der Waals surface area (Å²) in [4.78, 5) is 66.4. The molecule has 116 heavy (non-hydrogen) atoms. The third-order valence-corrected chi connectivity index (χ3v) is 23.8. The Labute approximate surface area is 698 Å². The molecule has 2 saturated heterocycles. The summed E-state index contributed by atoms with van der Waals surface area (Å²) in [5.41, 5.74) is 0. The van der Waals surface area contributed by atoms with Crippen molar-refractivity contribution in [2.75, 3.05) is 26.4 Å². The molecule has 680 valence electrons. The minimum atomic E-state index is -5.81. The van der Waals surface area contributed by atoms with Gasteiger partial charge in [0.25, 0.3) is 0 Å². The zero-order valence-corrected chi connectivity index (χ0v) is 73.4. The summed E-state index contributed by atoms with van der Waals surface area (Å²) in [5, 5.41) is 102. The molecule has 3 aliphatic rings. The standard InChI is InChI=1S/C90H165O25P/c1-6-10-14-18-22-25-28-31-32-35-36-39-42-49-55-61-73(92)106-66-70(109-75(94)63-57-51-43-40-37-33-29-26-23-19-15-11-7-2)67-108-116(104,105)115-88-86(113-89-83(102)79(98)77(96)71(65-91)110-89)82(101)81(100)85(112-76(95)64-58-52-44-41-38-34-30-27-24-20-16-12-8-3)87(88)114-90-84(103)80(99)78(97)72(111-90)68-107-74(93)62-56-50-46-45-48-54-60-69(5)59-53-47-21-17-13-9-4/h25,28,34,38,69-72,77-91,96-103H,6-24,26-27,29-33,35-37,39-68H2,1-5H3,(H,104,105)/b28-25-,38-34-. The lowest BCUT2D eigenvalue weighted by Crippen LogP contribution is -2.70. The first kappa shape index (κ1) is 107. The number of aliphatic hydroxyl groups excluding tert-OH is 9. The Morgan fingerprint density at radius 3 is 1.13 bits per heavy atom. The molecule has 0 aromatic rings. The molecule has 19 atom stereocenters. The number of carbonyl (C=O) groups is 4. The summed E-state index contributed by atoms with van der Waals surface area (Å²) < 4.78 is 73.4. The molecule has 0 aromatic carbocycles. The van der Waals surface area contributed by atoms with Gasteiger partial charge in [0.2, 0.25) is 0 Å². The highest BCUT2D eigenvalue weighted by Gasteiger charge is 2.60. The van der Waals surface area contributed by atoms with Crippen LogP contribution in [0.25, 0.3) is 0 Å². The zero-order valence-electron chi connectivity index (χ0n) is 72.5. The predicted octanol–water partition coefficient (Wildman–Crippen LogP) is 16.8. The number of unbranched alkanes of at least 4 members (excludes halogenated alkanes) is 42. The normalized spacial score (nSPS) is 25.5. The average Bonchev–Trinajstić information content (AvgIpc) is 0.754. The lowest BCUT2D eigenvalue weighted by atomic mass is 9.84. The number of ether oxygens (including phenoxy) is 8. The number of phosphoric acid groups is 1. The van der Waals surface area contributed by atoms with Gasteiger partial charge in [-0.1, -0.05) is 309 Å². The van der Waals surface area contributed by atoms with Crippen molar-refractivity contribution in [3.05, 3.63) is 24.3 Å². The molecular formula is C90H165O25P. The van der Waals surface area contributed by atoms with Crippen LogP contribution in [-0.4, -0.2) is 205 Å². The fourth-order valence-corrected chi connectivity index (χ4v) is 16.3. The SMILES string of the molecule is CCCCCC/C=C\CCCCCCCCCC(=O)OCC(COP(=O)(O)OC1C(OC2OC(CO)C(O)C(O)C2O)C(O)C(O)C(OC(=O)CCCCC/C=C\CCCCCCCC)C1OC1OC(COC(=O)CCCCCCCCC(C)CCCCCCCC)C(O)C(O)C1O)OC(=O)CCCCCCCCCCCCCCC. The summed E-state index contributed by atoms with van der Waals surface area (Å²) in [6, 6.07) is 0. The van der Waals surface area contributed by atoms with E-state index < -0.39 is 162 Å². The third-order valence-electron chi connectivity index (χ3n) is 22.8. The number of esters is 4. The number of allylic oxidation sites excluding steroid dienone is 4. The monoisotopic (exact) mass is 1680 g/mol. The van der Waals surface area contributed by atoms with Gasteiger partial charge in [-0.15, -0.1) is 0 Å². The number of aliphatic hydroxyl groups is 9. The van der Waals surface area contributed by atoms with E-state index >= 15 is 0 Å². The van der Waals surface area contributed by atoms with Crippen LogP contribution in [0.5, 0.6) is 0 Å². The number of phosphoric ester groups is 1. The van der Waals surface area contributed by atoms with Crippen LogP contribution in [0.3, 0.4) is 0 Å². The molecule has 1 aliphatic carbocycles. The van der Waals surface area contributed by atoms with Crippen LogP contribution in [0.15, 0.2) is 24.3 Å². The third kappa shape index (κ3) is 48.7. The second-order valence-corrected chi connectivity index (χ2v) is 34.8. The van der Waals surface area contributed by atoms with Crippen LogP contribution in [0.2, 0.25) is 0 Å². The zero-order chi connectivity index (χ0) is 84.8. The van der Waals surface area contributed by atoms with Crippen molar-refractivity contribution < 1.29 is 122 Å². The Morgan fingerprint density at radius 2 is 0.698 bits per heavy atom. The number of carbonyl (C=O) groups excluding carboxylic acids is 4. The first-order chi connectivity index (χ1) is 56.1. The molecule has 25 nitrogen and oxygen atoms in total. The summed E-state index contributed by atoms with van der Waals surface area (Å²) in [6.45, 7) is 7.88. The summed E-state index contributed by atoms with van der Waals surface area (Å²) in [7, 11) is -5.81. The Morgan fingerprint density at radius 1 is 0.362 bits per heavy atom. The quantitative estimate of drug-likeness (QED) is 0.00889. The molecule has 0 amide bonds. The van der Waals surface area contributed by atoms with Gasteiger partial charge < -0.3 is 88.7 Å². The van der Waals surface area contributed by atoms with Gasteiger partial charge in [0.05, 0.1) is 13.2 Å². The van der Waals surface area contributed by atoms with Gasteiger partial charge >= 0.3 is 31.7 Å². The van der Waals surface area contributed by atoms with E-state index in [0.717, 1.165) is 141 Å². The van der Waals surface area contributed by atoms with E-state index in [2.05, 4.69) is 58.9 Å². The van der Waals surface area contributed by atoms with Crippen molar-refractivity contribution in [1.29, 1.82) is 0 Å². The molecule has 1 saturated carbocycles.